The molecule has 20 heavy (non-hydrogen) atoms. The Morgan fingerprint density at radius 3 is 2.90 bits per heavy atom. The third kappa shape index (κ3) is 2.88. The van der Waals surface area contributed by atoms with Crippen LogP contribution in [0, 0.1) is 0 Å². The molecule has 1 aliphatic heterocycles. The second-order valence-electron chi connectivity index (χ2n) is 5.39. The van der Waals surface area contributed by atoms with Crippen LogP contribution in [-0.4, -0.2) is 56.0 Å². The Balaban J connectivity index is 2.12. The van der Waals surface area contributed by atoms with Gasteiger partial charge >= 0.3 is 0 Å². The number of likely N-dealkylation sites (tertiary alicyclic amines) is 1. The lowest BCUT2D eigenvalue weighted by molar-refractivity contribution is 0.0758. The quantitative estimate of drug-likeness (QED) is 0.846. The largest absolute Gasteiger partial charge is 0.494 e. The number of hydrogen-bond acceptors (Lipinski definition) is 4. The van der Waals surface area contributed by atoms with Gasteiger partial charge in [0.25, 0.3) is 5.91 Å². The van der Waals surface area contributed by atoms with Gasteiger partial charge in [-0.1, -0.05) is 6.07 Å². The first-order valence-electron chi connectivity index (χ1n) is 6.92. The summed E-state index contributed by atoms with van der Waals surface area (Å²) >= 11 is 0. The van der Waals surface area contributed by atoms with Gasteiger partial charge in [0, 0.05) is 19.6 Å². The van der Waals surface area contributed by atoms with E-state index in [0.29, 0.717) is 23.0 Å². The van der Waals surface area contributed by atoms with E-state index < -0.39 is 0 Å². The van der Waals surface area contributed by atoms with Crippen molar-refractivity contribution in [3.8, 4) is 5.75 Å². The summed E-state index contributed by atoms with van der Waals surface area (Å²) < 4.78 is 5.26. The summed E-state index contributed by atoms with van der Waals surface area (Å²) in [6.07, 6.45) is 2.34. The smallest absolute Gasteiger partial charge is 0.257 e. The molecule has 1 aliphatic rings. The Kier molecular flexibility index (Phi) is 4.49. The molecule has 0 radical (unpaired) electrons. The second kappa shape index (κ2) is 6.13. The highest BCUT2D eigenvalue weighted by atomic mass is 16.5. The number of benzene rings is 1. The number of nitrogens with two attached hydrogens (primary N) is 1. The Labute approximate surface area is 120 Å². The van der Waals surface area contributed by atoms with Crippen LogP contribution in [0.25, 0.3) is 0 Å². The molecule has 0 bridgehead atoms. The molecular weight excluding hydrogens is 254 g/mol. The third-order valence-corrected chi connectivity index (χ3v) is 3.98. The molecule has 1 saturated heterocycles. The molecule has 0 aliphatic carbocycles. The zero-order valence-electron chi connectivity index (χ0n) is 12.4. The van der Waals surface area contributed by atoms with E-state index in [0.717, 1.165) is 19.5 Å². The lowest BCUT2D eigenvalue weighted by Gasteiger charge is -2.26. The number of methoxy groups -OCH3 is 1. The molecule has 1 fully saturated rings. The minimum absolute atomic E-state index is 0.0468. The topological polar surface area (TPSA) is 58.8 Å². The summed E-state index contributed by atoms with van der Waals surface area (Å²) in [5.41, 5.74) is 6.87. The van der Waals surface area contributed by atoms with Crippen LogP contribution in [0.3, 0.4) is 0 Å². The Hall–Kier alpha value is -1.75. The summed E-state index contributed by atoms with van der Waals surface area (Å²) in [4.78, 5) is 16.6. The molecular formula is C15H23N3O2. The van der Waals surface area contributed by atoms with E-state index in [9.17, 15) is 4.79 Å². The van der Waals surface area contributed by atoms with Crippen molar-refractivity contribution in [2.24, 2.45) is 0 Å². The molecule has 1 aromatic carbocycles. The van der Waals surface area contributed by atoms with Crippen LogP contribution in [0.15, 0.2) is 18.2 Å². The molecule has 0 spiro atoms. The lowest BCUT2D eigenvalue weighted by atomic mass is 10.1. The zero-order valence-corrected chi connectivity index (χ0v) is 12.4. The maximum absolute atomic E-state index is 12.5. The van der Waals surface area contributed by atoms with E-state index in [4.69, 9.17) is 10.5 Å². The van der Waals surface area contributed by atoms with Crippen LogP contribution >= 0.6 is 0 Å². The highest BCUT2D eigenvalue weighted by Gasteiger charge is 2.25. The number of para-hydroxylation sites is 1. The van der Waals surface area contributed by atoms with Crippen molar-refractivity contribution >= 4 is 11.6 Å². The van der Waals surface area contributed by atoms with E-state index in [2.05, 4.69) is 11.9 Å². The SMILES string of the molecule is COc1c(N)cccc1C(=O)N(C)CC1CCCN1C. The Morgan fingerprint density at radius 2 is 2.30 bits per heavy atom. The number of nitrogens with zero attached hydrogens (tertiary/aromatic N) is 2. The molecule has 2 N–H and O–H groups in total. The first-order valence-corrected chi connectivity index (χ1v) is 6.92. The van der Waals surface area contributed by atoms with Crippen LogP contribution in [0.2, 0.25) is 0 Å². The molecule has 1 atom stereocenters. The van der Waals surface area contributed by atoms with Crippen molar-refractivity contribution in [3.63, 3.8) is 0 Å². The highest BCUT2D eigenvalue weighted by molar-refractivity contribution is 5.98. The van der Waals surface area contributed by atoms with Crippen molar-refractivity contribution in [1.29, 1.82) is 0 Å². The van der Waals surface area contributed by atoms with Crippen LogP contribution in [0.4, 0.5) is 5.69 Å². The third-order valence-electron chi connectivity index (χ3n) is 3.98. The summed E-state index contributed by atoms with van der Waals surface area (Å²) in [5, 5.41) is 0. The zero-order chi connectivity index (χ0) is 14.7. The van der Waals surface area contributed by atoms with E-state index >= 15 is 0 Å². The van der Waals surface area contributed by atoms with Crippen molar-refractivity contribution in [3.05, 3.63) is 23.8 Å². The molecule has 1 amide bonds. The van der Waals surface area contributed by atoms with Gasteiger partial charge in [-0.15, -0.1) is 0 Å². The first-order chi connectivity index (χ1) is 9.54. The molecule has 2 rings (SSSR count). The number of ether oxygens (including phenoxy) is 1. The van der Waals surface area contributed by atoms with Crippen molar-refractivity contribution in [2.75, 3.05) is 40.0 Å². The van der Waals surface area contributed by atoms with E-state index in [-0.39, 0.29) is 5.91 Å². The average molecular weight is 277 g/mol. The molecule has 110 valence electrons. The second-order valence-corrected chi connectivity index (χ2v) is 5.39. The van der Waals surface area contributed by atoms with Crippen LogP contribution in [-0.2, 0) is 0 Å². The fourth-order valence-corrected chi connectivity index (χ4v) is 2.77. The molecule has 0 saturated carbocycles. The Morgan fingerprint density at radius 1 is 1.55 bits per heavy atom. The van der Waals surface area contributed by atoms with E-state index in [1.165, 1.54) is 13.5 Å². The fourth-order valence-electron chi connectivity index (χ4n) is 2.77. The predicted octanol–water partition coefficient (Wildman–Crippen LogP) is 1.44. The van der Waals surface area contributed by atoms with Gasteiger partial charge in [-0.25, -0.2) is 0 Å². The standard InChI is InChI=1S/C15H23N3O2/c1-17-9-5-6-11(17)10-18(2)15(19)12-7-4-8-13(16)14(12)20-3/h4,7-8,11H,5-6,9-10,16H2,1-3H3. The number of carbonyl (C=O) groups excluding carboxylic acids is 1. The lowest BCUT2D eigenvalue weighted by Crippen LogP contribution is -2.39. The number of anilines is 1. The van der Waals surface area contributed by atoms with Crippen LogP contribution in [0.5, 0.6) is 5.75 Å². The normalized spacial score (nSPS) is 19.1. The maximum Gasteiger partial charge on any atom is 0.257 e. The molecule has 5 nitrogen and oxygen atoms in total. The van der Waals surface area contributed by atoms with Gasteiger partial charge < -0.3 is 20.3 Å². The summed E-state index contributed by atoms with van der Waals surface area (Å²) in [6.45, 7) is 1.83. The van der Waals surface area contributed by atoms with Crippen molar-refractivity contribution in [2.45, 2.75) is 18.9 Å². The number of rotatable bonds is 4. The first kappa shape index (κ1) is 14.7. The molecule has 0 aromatic heterocycles. The van der Waals surface area contributed by atoms with E-state index in [1.54, 1.807) is 23.1 Å². The number of amides is 1. The van der Waals surface area contributed by atoms with Gasteiger partial charge in [-0.2, -0.15) is 0 Å². The van der Waals surface area contributed by atoms with Crippen LogP contribution in [0.1, 0.15) is 23.2 Å². The summed E-state index contributed by atoms with van der Waals surface area (Å²) in [6, 6.07) is 5.71. The van der Waals surface area contributed by atoms with Gasteiger partial charge in [0.1, 0.15) is 0 Å². The van der Waals surface area contributed by atoms with E-state index in [1.807, 2.05) is 7.05 Å². The van der Waals surface area contributed by atoms with Crippen molar-refractivity contribution < 1.29 is 9.53 Å². The minimum atomic E-state index is -0.0468. The molecule has 5 heteroatoms. The number of nitrogen functional groups attached to an aromatic ring is 1. The van der Waals surface area contributed by atoms with Gasteiger partial charge in [0.15, 0.2) is 5.75 Å². The van der Waals surface area contributed by atoms with Crippen LogP contribution < -0.4 is 10.5 Å². The van der Waals surface area contributed by atoms with Gasteiger partial charge in [0.05, 0.1) is 18.4 Å². The number of likely N-dealkylation sites (N-methyl/N-ethyl adjacent to an activating group) is 2. The van der Waals surface area contributed by atoms with Gasteiger partial charge in [0.2, 0.25) is 0 Å². The Bertz CT molecular complexity index is 490. The molecule has 1 aromatic rings. The summed E-state index contributed by atoms with van der Waals surface area (Å²) in [5.74, 6) is 0.415. The maximum atomic E-state index is 12.5. The molecule has 1 heterocycles. The molecule has 1 unspecified atom stereocenters. The van der Waals surface area contributed by atoms with Gasteiger partial charge in [-0.3, -0.25) is 4.79 Å². The van der Waals surface area contributed by atoms with Crippen molar-refractivity contribution in [1.82, 2.24) is 9.80 Å². The summed E-state index contributed by atoms with van der Waals surface area (Å²) in [7, 11) is 5.47. The average Bonchev–Trinajstić information content (AvgIpc) is 2.83. The number of carbonyl (C=O) groups is 1. The van der Waals surface area contributed by atoms with Gasteiger partial charge in [-0.05, 0) is 38.6 Å². The minimum Gasteiger partial charge on any atom is -0.494 e. The predicted molar refractivity (Wildman–Crippen MR) is 80.0 cm³/mol. The number of hydrogen-bond donors (Lipinski definition) is 1. The fraction of sp³-hybridized carbons (Fsp3) is 0.533. The monoisotopic (exact) mass is 277 g/mol. The highest BCUT2D eigenvalue weighted by Crippen LogP contribution is 2.27.